The normalized spacial score (nSPS) is 20.8. The summed E-state index contributed by atoms with van der Waals surface area (Å²) in [6, 6.07) is 5.52. The van der Waals surface area contributed by atoms with Crippen molar-refractivity contribution in [2.45, 2.75) is 51.8 Å². The summed E-state index contributed by atoms with van der Waals surface area (Å²) in [4.78, 5) is 26.0. The van der Waals surface area contributed by atoms with Crippen LogP contribution < -0.4 is 4.74 Å². The molecule has 2 atom stereocenters. The van der Waals surface area contributed by atoms with Crippen molar-refractivity contribution in [1.29, 1.82) is 0 Å². The van der Waals surface area contributed by atoms with Gasteiger partial charge in [0.15, 0.2) is 6.61 Å². The second-order valence-corrected chi connectivity index (χ2v) is 5.91. The molecule has 2 rings (SSSR count). The highest BCUT2D eigenvalue weighted by atomic mass is 19.3. The van der Waals surface area contributed by atoms with Gasteiger partial charge < -0.3 is 14.4 Å². The van der Waals surface area contributed by atoms with E-state index in [1.807, 2.05) is 13.8 Å². The minimum Gasteiger partial charge on any atom is -0.452 e. The van der Waals surface area contributed by atoms with Crippen LogP contribution >= 0.6 is 0 Å². The molecular weight excluding hydrogens is 320 g/mol. The third-order valence-electron chi connectivity index (χ3n) is 4.10. The van der Waals surface area contributed by atoms with Gasteiger partial charge in [0, 0.05) is 12.1 Å². The van der Waals surface area contributed by atoms with Crippen molar-refractivity contribution in [1.82, 2.24) is 4.90 Å². The van der Waals surface area contributed by atoms with E-state index in [1.165, 1.54) is 18.2 Å². The van der Waals surface area contributed by atoms with Crippen LogP contribution in [0.3, 0.4) is 0 Å². The maximum atomic E-state index is 12.3. The van der Waals surface area contributed by atoms with E-state index in [1.54, 1.807) is 4.90 Å². The number of piperidine rings is 1. The topological polar surface area (TPSA) is 55.8 Å². The van der Waals surface area contributed by atoms with Gasteiger partial charge >= 0.3 is 12.6 Å². The SMILES string of the molecule is C[C@@H]1CCC[C@H](C)N1C(=O)COC(=O)c1cccc(OC(F)F)c1. The number of ether oxygens (including phenoxy) is 2. The average Bonchev–Trinajstić information content (AvgIpc) is 2.52. The Kier molecular flexibility index (Phi) is 6.11. The first kappa shape index (κ1) is 18.2. The van der Waals surface area contributed by atoms with Crippen LogP contribution in [0.15, 0.2) is 24.3 Å². The summed E-state index contributed by atoms with van der Waals surface area (Å²) in [6.45, 7) is 0.606. The van der Waals surface area contributed by atoms with Crippen molar-refractivity contribution in [3.05, 3.63) is 29.8 Å². The fourth-order valence-electron chi connectivity index (χ4n) is 3.00. The minimum atomic E-state index is -2.97. The van der Waals surface area contributed by atoms with Gasteiger partial charge in [0.05, 0.1) is 5.56 Å². The number of likely N-dealkylation sites (tertiary alicyclic amines) is 1. The Morgan fingerprint density at radius 3 is 2.54 bits per heavy atom. The maximum absolute atomic E-state index is 12.3. The van der Waals surface area contributed by atoms with Gasteiger partial charge in [-0.25, -0.2) is 4.79 Å². The van der Waals surface area contributed by atoms with Crippen molar-refractivity contribution in [3.63, 3.8) is 0 Å². The van der Waals surface area contributed by atoms with Gasteiger partial charge in [-0.05, 0) is 51.3 Å². The van der Waals surface area contributed by atoms with Crippen molar-refractivity contribution >= 4 is 11.9 Å². The number of nitrogens with zero attached hydrogens (tertiary/aromatic N) is 1. The van der Waals surface area contributed by atoms with Crippen LogP contribution in [0.25, 0.3) is 0 Å². The largest absolute Gasteiger partial charge is 0.452 e. The smallest absolute Gasteiger partial charge is 0.387 e. The molecule has 0 saturated carbocycles. The average molecular weight is 341 g/mol. The van der Waals surface area contributed by atoms with Crippen LogP contribution in [0.4, 0.5) is 8.78 Å². The number of hydrogen-bond donors (Lipinski definition) is 0. The molecule has 1 saturated heterocycles. The van der Waals surface area contributed by atoms with Gasteiger partial charge in [-0.3, -0.25) is 4.79 Å². The highest BCUT2D eigenvalue weighted by Gasteiger charge is 2.29. The van der Waals surface area contributed by atoms with Gasteiger partial charge in [-0.15, -0.1) is 0 Å². The predicted molar refractivity (Wildman–Crippen MR) is 83.0 cm³/mol. The van der Waals surface area contributed by atoms with Gasteiger partial charge in [0.1, 0.15) is 5.75 Å². The number of carbonyl (C=O) groups excluding carboxylic acids is 2. The van der Waals surface area contributed by atoms with Crippen molar-refractivity contribution < 1.29 is 27.8 Å². The van der Waals surface area contributed by atoms with E-state index >= 15 is 0 Å². The number of alkyl halides is 2. The lowest BCUT2D eigenvalue weighted by Gasteiger charge is -2.38. The number of amides is 1. The fourth-order valence-corrected chi connectivity index (χ4v) is 3.00. The molecule has 7 heteroatoms. The van der Waals surface area contributed by atoms with E-state index in [9.17, 15) is 18.4 Å². The molecule has 1 aliphatic heterocycles. The van der Waals surface area contributed by atoms with E-state index in [0.29, 0.717) is 0 Å². The molecule has 1 amide bonds. The molecule has 0 aliphatic carbocycles. The molecular formula is C17H21F2NO4. The monoisotopic (exact) mass is 341 g/mol. The predicted octanol–water partition coefficient (Wildman–Crippen LogP) is 3.23. The first-order valence-corrected chi connectivity index (χ1v) is 7.91. The summed E-state index contributed by atoms with van der Waals surface area (Å²) >= 11 is 0. The van der Waals surface area contributed by atoms with Crippen LogP contribution in [-0.2, 0) is 9.53 Å². The zero-order chi connectivity index (χ0) is 17.7. The molecule has 132 valence electrons. The molecule has 1 aliphatic rings. The van der Waals surface area contributed by atoms with Gasteiger partial charge in [-0.1, -0.05) is 6.07 Å². The zero-order valence-corrected chi connectivity index (χ0v) is 13.7. The molecule has 0 N–H and O–H groups in total. The quantitative estimate of drug-likeness (QED) is 0.772. The summed E-state index contributed by atoms with van der Waals surface area (Å²) < 4.78 is 33.7. The fraction of sp³-hybridized carbons (Fsp3) is 0.529. The number of hydrogen-bond acceptors (Lipinski definition) is 4. The second kappa shape index (κ2) is 8.08. The van der Waals surface area contributed by atoms with Crippen molar-refractivity contribution in [2.24, 2.45) is 0 Å². The summed E-state index contributed by atoms with van der Waals surface area (Å²) in [5.74, 6) is -1.13. The summed E-state index contributed by atoms with van der Waals surface area (Å²) in [7, 11) is 0. The molecule has 5 nitrogen and oxygen atoms in total. The molecule has 0 unspecified atom stereocenters. The Morgan fingerprint density at radius 2 is 1.92 bits per heavy atom. The summed E-state index contributed by atoms with van der Waals surface area (Å²) in [5.41, 5.74) is 0.0562. The standard InChI is InChI=1S/C17H21F2NO4/c1-11-5-3-6-12(2)20(11)15(21)10-23-16(22)13-7-4-8-14(9-13)24-17(18)19/h4,7-9,11-12,17H,3,5-6,10H2,1-2H3/t11-,12+. The van der Waals surface area contributed by atoms with Crippen LogP contribution in [-0.4, -0.2) is 42.1 Å². The lowest BCUT2D eigenvalue weighted by molar-refractivity contribution is -0.140. The highest BCUT2D eigenvalue weighted by Crippen LogP contribution is 2.22. The minimum absolute atomic E-state index is 0.0562. The highest BCUT2D eigenvalue weighted by molar-refractivity contribution is 5.91. The van der Waals surface area contributed by atoms with Crippen LogP contribution in [0.5, 0.6) is 5.75 Å². The van der Waals surface area contributed by atoms with Crippen LogP contribution in [0.1, 0.15) is 43.5 Å². The van der Waals surface area contributed by atoms with E-state index < -0.39 is 12.6 Å². The lowest BCUT2D eigenvalue weighted by Crippen LogP contribution is -2.49. The number of rotatable bonds is 5. The number of halogens is 2. The molecule has 0 aromatic heterocycles. The van der Waals surface area contributed by atoms with E-state index in [4.69, 9.17) is 4.74 Å². The first-order valence-electron chi connectivity index (χ1n) is 7.91. The summed E-state index contributed by atoms with van der Waals surface area (Å²) in [6.07, 6.45) is 2.93. The molecule has 1 aromatic carbocycles. The zero-order valence-electron chi connectivity index (χ0n) is 13.7. The van der Waals surface area contributed by atoms with Gasteiger partial charge in [0.25, 0.3) is 5.91 Å². The maximum Gasteiger partial charge on any atom is 0.387 e. The molecule has 1 heterocycles. The number of carbonyl (C=O) groups is 2. The van der Waals surface area contributed by atoms with Gasteiger partial charge in [0.2, 0.25) is 0 Å². The second-order valence-electron chi connectivity index (χ2n) is 5.91. The molecule has 0 radical (unpaired) electrons. The van der Waals surface area contributed by atoms with Crippen molar-refractivity contribution in [3.8, 4) is 5.75 Å². The molecule has 0 spiro atoms. The van der Waals surface area contributed by atoms with Crippen molar-refractivity contribution in [2.75, 3.05) is 6.61 Å². The molecule has 1 aromatic rings. The first-order chi connectivity index (χ1) is 11.4. The third-order valence-corrected chi connectivity index (χ3v) is 4.10. The lowest BCUT2D eigenvalue weighted by atomic mass is 9.97. The third kappa shape index (κ3) is 4.66. The Hall–Kier alpha value is -2.18. The summed E-state index contributed by atoms with van der Waals surface area (Å²) in [5, 5.41) is 0. The van der Waals surface area contributed by atoms with Crippen LogP contribution in [0, 0.1) is 0 Å². The Morgan fingerprint density at radius 1 is 1.25 bits per heavy atom. The molecule has 24 heavy (non-hydrogen) atoms. The molecule has 0 bridgehead atoms. The Balaban J connectivity index is 1.94. The van der Waals surface area contributed by atoms with E-state index in [0.717, 1.165) is 25.3 Å². The number of esters is 1. The van der Waals surface area contributed by atoms with E-state index in [2.05, 4.69) is 4.74 Å². The van der Waals surface area contributed by atoms with Gasteiger partial charge in [-0.2, -0.15) is 8.78 Å². The molecule has 1 fully saturated rings. The Labute approximate surface area is 139 Å². The number of benzene rings is 1. The Bertz CT molecular complexity index is 584. The van der Waals surface area contributed by atoms with E-state index in [-0.39, 0.29) is 35.9 Å². The van der Waals surface area contributed by atoms with Crippen LogP contribution in [0.2, 0.25) is 0 Å².